The highest BCUT2D eigenvalue weighted by Crippen LogP contribution is 2.11. The fraction of sp³-hybridized carbons (Fsp3) is 0.133. The average Bonchev–Trinajstić information content (AvgIpc) is 2.88. The van der Waals surface area contributed by atoms with Crippen molar-refractivity contribution in [2.75, 3.05) is 13.0 Å². The third-order valence-corrected chi connectivity index (χ3v) is 4.73. The van der Waals surface area contributed by atoms with Gasteiger partial charge < -0.3 is 0 Å². The monoisotopic (exact) mass is 424 g/mol. The fourth-order valence-electron chi connectivity index (χ4n) is 3.30. The summed E-state index contributed by atoms with van der Waals surface area (Å²) in [5.74, 6) is 0. The normalized spacial score (nSPS) is 11.2. The fourth-order valence-corrected chi connectivity index (χ4v) is 3.30. The van der Waals surface area contributed by atoms with Crippen LogP contribution in [0.5, 0.6) is 0 Å². The lowest BCUT2D eigenvalue weighted by Gasteiger charge is -2.06. The molecule has 0 heterocycles. The lowest BCUT2D eigenvalue weighted by molar-refractivity contribution is 1.13. The molecule has 0 saturated heterocycles. The van der Waals surface area contributed by atoms with Crippen LogP contribution >= 0.6 is 0 Å². The van der Waals surface area contributed by atoms with Crippen molar-refractivity contribution in [1.29, 1.82) is 0 Å². The molecular weight excluding hydrogens is 392 g/mol. The molecule has 4 aromatic rings. The van der Waals surface area contributed by atoms with Crippen LogP contribution in [0.4, 0.5) is 0 Å². The van der Waals surface area contributed by atoms with E-state index >= 15 is 0 Å². The molecule has 0 atom stereocenters. The zero-order valence-electron chi connectivity index (χ0n) is 20.6. The third-order valence-electron chi connectivity index (χ3n) is 4.73. The van der Waals surface area contributed by atoms with Crippen molar-refractivity contribution in [2.24, 2.45) is 9.98 Å². The molecule has 2 nitrogen and oxygen atoms in total. The van der Waals surface area contributed by atoms with Gasteiger partial charge in [0.25, 0.3) is 0 Å². The Hall–Kier alpha value is -3.78. The summed E-state index contributed by atoms with van der Waals surface area (Å²) in [4.78, 5) is 8.78. The average molecular weight is 425 g/mol. The van der Waals surface area contributed by atoms with Crippen LogP contribution in [0.25, 0.3) is 0 Å². The van der Waals surface area contributed by atoms with Crippen molar-refractivity contribution in [3.63, 3.8) is 0 Å². The molecule has 0 N–H and O–H groups in total. The lowest BCUT2D eigenvalue weighted by atomic mass is 10.0. The molecule has 2 heteroatoms. The molecule has 0 aliphatic rings. The number of benzene rings is 4. The van der Waals surface area contributed by atoms with E-state index in [4.69, 9.17) is 2.74 Å². The Morgan fingerprint density at radius 3 is 1.03 bits per heavy atom. The molecule has 0 saturated carbocycles. The first-order chi connectivity index (χ1) is 16.5. The highest BCUT2D eigenvalue weighted by molar-refractivity contribution is 6.13. The number of rotatable bonds is 6. The Balaban J connectivity index is 0.000000192. The van der Waals surface area contributed by atoms with Gasteiger partial charge in [0.1, 0.15) is 0 Å². The van der Waals surface area contributed by atoms with E-state index in [1.165, 1.54) is 18.1 Å². The molecule has 32 heavy (non-hydrogen) atoms. The van der Waals surface area contributed by atoms with E-state index in [1.54, 1.807) is 0 Å². The van der Waals surface area contributed by atoms with Gasteiger partial charge in [0.15, 0.2) is 0 Å². The van der Waals surface area contributed by atoms with E-state index in [0.717, 1.165) is 23.4 Å². The highest BCUT2D eigenvalue weighted by atomic mass is 15.6. The van der Waals surface area contributed by atoms with Crippen LogP contribution in [0, 0.1) is 0 Å². The Bertz CT molecular complexity index is 1100. The van der Waals surface area contributed by atoms with Crippen LogP contribution in [-0.4, -0.2) is 24.5 Å². The summed E-state index contributed by atoms with van der Waals surface area (Å²) >= 11 is 0. The first-order valence-electron chi connectivity index (χ1n) is 11.8. The van der Waals surface area contributed by atoms with Gasteiger partial charge in [-0.2, -0.15) is 0 Å². The topological polar surface area (TPSA) is 24.7 Å². The zero-order chi connectivity index (χ0) is 24.2. The van der Waals surface area contributed by atoms with Gasteiger partial charge in [0, 0.05) is 35.3 Å². The summed E-state index contributed by atoms with van der Waals surface area (Å²) < 4.78 is 15.3. The van der Waals surface area contributed by atoms with E-state index in [1.807, 2.05) is 97.1 Å². The first kappa shape index (κ1) is 20.1. The maximum Gasteiger partial charge on any atom is 0.0718 e. The van der Waals surface area contributed by atoms with Crippen LogP contribution in [0.15, 0.2) is 131 Å². The molecule has 0 bridgehead atoms. The molecule has 0 spiro atoms. The van der Waals surface area contributed by atoms with E-state index in [-0.39, 0.29) is 0 Å². The number of aliphatic imine (C=N–C) groups is 2. The van der Waals surface area contributed by atoms with E-state index in [9.17, 15) is 0 Å². The molecular formula is C30H30N2. The quantitative estimate of drug-likeness (QED) is 0.179. The van der Waals surface area contributed by atoms with Crippen LogP contribution in [-0.2, 0) is 0 Å². The Kier molecular flexibility index (Phi) is 8.06. The largest absolute Gasteiger partial charge is 0.284 e. The molecule has 0 amide bonds. The van der Waals surface area contributed by atoms with Gasteiger partial charge in [0.05, 0.1) is 14.2 Å². The summed E-state index contributed by atoms with van der Waals surface area (Å²) in [6.07, 6.45) is 0. The summed E-state index contributed by atoms with van der Waals surface area (Å²) in [7, 11) is 0. The van der Waals surface area contributed by atoms with Crippen molar-refractivity contribution < 1.29 is 2.74 Å². The van der Waals surface area contributed by atoms with Gasteiger partial charge in [-0.25, -0.2) is 0 Å². The van der Waals surface area contributed by atoms with Gasteiger partial charge in [-0.1, -0.05) is 121 Å². The van der Waals surface area contributed by atoms with Gasteiger partial charge in [-0.3, -0.25) is 9.98 Å². The second-order valence-corrected chi connectivity index (χ2v) is 6.97. The molecule has 0 radical (unpaired) electrons. The van der Waals surface area contributed by atoms with Gasteiger partial charge >= 0.3 is 0 Å². The number of hydrogen-bond donors (Lipinski definition) is 0. The van der Waals surface area contributed by atoms with E-state index < -0.39 is 6.50 Å². The predicted molar refractivity (Wildman–Crippen MR) is 138 cm³/mol. The standard InChI is InChI=1S/2C15H15N/c2*1-2-16-15(13-9-5-3-6-10-13)14-11-7-4-8-12-14/h2*3-12H,2H2,1H3/i2+1D2,16+1;2+1,16+1. The minimum absolute atomic E-state index is 0.684. The molecule has 0 unspecified atom stereocenters. The van der Waals surface area contributed by atoms with Crippen LogP contribution in [0.3, 0.4) is 0 Å². The van der Waals surface area contributed by atoms with E-state index in [0.29, 0.717) is 5.71 Å². The summed E-state index contributed by atoms with van der Waals surface area (Å²) in [6, 6.07) is 40.0. The Labute approximate surface area is 194 Å². The Morgan fingerprint density at radius 1 is 0.500 bits per heavy atom. The molecule has 0 aromatic heterocycles. The van der Waals surface area contributed by atoms with Crippen molar-refractivity contribution >= 4 is 11.4 Å². The number of hydrogen-bond acceptors (Lipinski definition) is 2. The van der Waals surface area contributed by atoms with E-state index in [2.05, 4.69) is 41.2 Å². The van der Waals surface area contributed by atoms with Gasteiger partial charge in [-0.15, -0.1) is 0 Å². The number of nitrogens with zero attached hydrogens (tertiary/aromatic N) is 2. The SMILES string of the molecule is C[13CH2][15N]=C(c1ccccc1)c1ccccc1.[2H][13C]([2H])(C)[15N]=C(c1ccccc1)c1ccccc1. The molecule has 0 aliphatic carbocycles. The van der Waals surface area contributed by atoms with Crippen molar-refractivity contribution in [2.45, 2.75) is 13.8 Å². The van der Waals surface area contributed by atoms with Gasteiger partial charge in [-0.05, 0) is 13.8 Å². The molecule has 160 valence electrons. The van der Waals surface area contributed by atoms with Crippen LogP contribution in [0.1, 0.15) is 38.8 Å². The lowest BCUT2D eigenvalue weighted by Crippen LogP contribution is -2.03. The summed E-state index contributed by atoms with van der Waals surface area (Å²) in [5.41, 5.74) is 5.96. The van der Waals surface area contributed by atoms with Crippen LogP contribution in [0.2, 0.25) is 0 Å². The zero-order valence-corrected chi connectivity index (χ0v) is 18.6. The second-order valence-electron chi connectivity index (χ2n) is 6.97. The third kappa shape index (κ3) is 6.61. The summed E-state index contributed by atoms with van der Waals surface area (Å²) in [6.45, 7) is 2.74. The highest BCUT2D eigenvalue weighted by Gasteiger charge is 2.05. The maximum absolute atomic E-state index is 7.64. The van der Waals surface area contributed by atoms with Crippen molar-refractivity contribution in [3.05, 3.63) is 144 Å². The maximum atomic E-state index is 7.64. The molecule has 0 aliphatic heterocycles. The molecule has 4 rings (SSSR count). The summed E-state index contributed by atoms with van der Waals surface area (Å²) in [5, 5.41) is 0. The van der Waals surface area contributed by atoms with Crippen molar-refractivity contribution in [3.8, 4) is 0 Å². The minimum atomic E-state index is -1.58. The van der Waals surface area contributed by atoms with Crippen molar-refractivity contribution in [1.82, 2.24) is 0 Å². The minimum Gasteiger partial charge on any atom is -0.284 e. The smallest absolute Gasteiger partial charge is 0.0718 e. The predicted octanol–water partition coefficient (Wildman–Crippen LogP) is 7.09. The van der Waals surface area contributed by atoms with Gasteiger partial charge in [0.2, 0.25) is 0 Å². The Morgan fingerprint density at radius 2 is 0.781 bits per heavy atom. The molecule has 4 aromatic carbocycles. The second kappa shape index (κ2) is 12.8. The van der Waals surface area contributed by atoms with Crippen LogP contribution < -0.4 is 0 Å². The first-order valence-corrected chi connectivity index (χ1v) is 10.8. The molecule has 0 fully saturated rings.